The van der Waals surface area contributed by atoms with Crippen LogP contribution in [-0.4, -0.2) is 25.0 Å². The van der Waals surface area contributed by atoms with Crippen molar-refractivity contribution in [2.45, 2.75) is 38.5 Å². The van der Waals surface area contributed by atoms with E-state index >= 15 is 0 Å². The lowest BCUT2D eigenvalue weighted by atomic mass is 9.73. The number of hydrogen-bond donors (Lipinski definition) is 2. The molecule has 1 saturated heterocycles. The Kier molecular flexibility index (Phi) is 5.71. The minimum absolute atomic E-state index is 0.185. The van der Waals surface area contributed by atoms with Crippen molar-refractivity contribution < 1.29 is 18.7 Å². The summed E-state index contributed by atoms with van der Waals surface area (Å²) in [5, 5.41) is 0. The van der Waals surface area contributed by atoms with Gasteiger partial charge in [0.2, 0.25) is 11.8 Å². The molecule has 23 heavy (non-hydrogen) atoms. The maximum Gasteiger partial charge on any atom is 0.249 e. The van der Waals surface area contributed by atoms with E-state index in [4.69, 9.17) is 4.74 Å². The molecule has 0 aliphatic carbocycles. The number of halogens is 1. The maximum absolute atomic E-state index is 13.6. The topological polar surface area (TPSA) is 67.4 Å². The first kappa shape index (κ1) is 17.4. The first-order valence-corrected chi connectivity index (χ1v) is 7.93. The zero-order chi connectivity index (χ0) is 16.9. The van der Waals surface area contributed by atoms with Crippen LogP contribution in [0.5, 0.6) is 0 Å². The van der Waals surface area contributed by atoms with E-state index in [2.05, 4.69) is 10.9 Å². The molecule has 1 fully saturated rings. The molecule has 2 N–H and O–H groups in total. The molecule has 1 aromatic carbocycles. The number of ether oxygens (including phenoxy) is 1. The van der Waals surface area contributed by atoms with Crippen LogP contribution in [0.1, 0.15) is 38.7 Å². The van der Waals surface area contributed by atoms with Gasteiger partial charge >= 0.3 is 0 Å². The highest BCUT2D eigenvalue weighted by atomic mass is 19.1. The summed E-state index contributed by atoms with van der Waals surface area (Å²) in [6.07, 6.45) is 1.58. The van der Waals surface area contributed by atoms with Gasteiger partial charge in [0.15, 0.2) is 0 Å². The van der Waals surface area contributed by atoms with E-state index in [0.717, 1.165) is 0 Å². The highest BCUT2D eigenvalue weighted by molar-refractivity contribution is 5.90. The molecule has 0 spiro atoms. The van der Waals surface area contributed by atoms with E-state index in [0.29, 0.717) is 38.0 Å². The standard InChI is InChI=1S/C17H23FN2O3/c1-3-12(2)15(21)19-20-16(22)17(7-9-23-10-8-17)13-5-4-6-14(18)11-13/h4-6,11-12H,3,7-10H2,1-2H3,(H,19,21)(H,20,22). The highest BCUT2D eigenvalue weighted by Crippen LogP contribution is 2.35. The second-order valence-corrected chi connectivity index (χ2v) is 5.96. The second-order valence-electron chi connectivity index (χ2n) is 5.96. The number of carbonyl (C=O) groups is 2. The number of amides is 2. The normalized spacial score (nSPS) is 18.0. The molecule has 2 rings (SSSR count). The van der Waals surface area contributed by atoms with Crippen LogP contribution >= 0.6 is 0 Å². The zero-order valence-electron chi connectivity index (χ0n) is 13.5. The molecule has 126 valence electrons. The van der Waals surface area contributed by atoms with Crippen molar-refractivity contribution in [3.63, 3.8) is 0 Å². The fourth-order valence-corrected chi connectivity index (χ4v) is 2.70. The first-order chi connectivity index (χ1) is 11.0. The molecule has 1 aromatic rings. The van der Waals surface area contributed by atoms with Crippen molar-refractivity contribution >= 4 is 11.8 Å². The van der Waals surface area contributed by atoms with Crippen molar-refractivity contribution in [1.29, 1.82) is 0 Å². The largest absolute Gasteiger partial charge is 0.381 e. The lowest BCUT2D eigenvalue weighted by Gasteiger charge is -2.36. The average molecular weight is 322 g/mol. The van der Waals surface area contributed by atoms with Gasteiger partial charge in [-0.2, -0.15) is 0 Å². The average Bonchev–Trinajstić information content (AvgIpc) is 2.59. The third kappa shape index (κ3) is 3.88. The predicted molar refractivity (Wildman–Crippen MR) is 83.9 cm³/mol. The summed E-state index contributed by atoms with van der Waals surface area (Å²) in [6, 6.07) is 6.05. The number of nitrogens with one attached hydrogen (secondary N) is 2. The van der Waals surface area contributed by atoms with Gasteiger partial charge in [-0.1, -0.05) is 26.0 Å². The Bertz CT molecular complexity index is 571. The summed E-state index contributed by atoms with van der Waals surface area (Å²) in [6.45, 7) is 4.53. The Labute approximate surface area is 135 Å². The molecule has 0 radical (unpaired) electrons. The summed E-state index contributed by atoms with van der Waals surface area (Å²) >= 11 is 0. The quantitative estimate of drug-likeness (QED) is 0.834. The minimum atomic E-state index is -0.886. The summed E-state index contributed by atoms with van der Waals surface area (Å²) in [4.78, 5) is 24.6. The van der Waals surface area contributed by atoms with Crippen molar-refractivity contribution in [3.8, 4) is 0 Å². The Balaban J connectivity index is 2.18. The van der Waals surface area contributed by atoms with Crippen LogP contribution in [0.2, 0.25) is 0 Å². The van der Waals surface area contributed by atoms with Gasteiger partial charge in [-0.25, -0.2) is 4.39 Å². The number of hydrogen-bond acceptors (Lipinski definition) is 3. The molecule has 1 atom stereocenters. The summed E-state index contributed by atoms with van der Waals surface area (Å²) in [7, 11) is 0. The molecule has 0 saturated carbocycles. The molecule has 1 heterocycles. The van der Waals surface area contributed by atoms with Gasteiger partial charge in [-0.05, 0) is 37.0 Å². The Hall–Kier alpha value is -1.95. The third-order valence-corrected chi connectivity index (χ3v) is 4.52. The fourth-order valence-electron chi connectivity index (χ4n) is 2.70. The smallest absolute Gasteiger partial charge is 0.249 e. The summed E-state index contributed by atoms with van der Waals surface area (Å²) < 4.78 is 18.9. The monoisotopic (exact) mass is 322 g/mol. The van der Waals surface area contributed by atoms with Crippen LogP contribution in [0.25, 0.3) is 0 Å². The van der Waals surface area contributed by atoms with E-state index in [1.807, 2.05) is 6.92 Å². The van der Waals surface area contributed by atoms with Gasteiger partial charge in [-0.3, -0.25) is 20.4 Å². The zero-order valence-corrected chi connectivity index (χ0v) is 13.5. The number of hydrazine groups is 1. The van der Waals surface area contributed by atoms with Crippen molar-refractivity contribution in [3.05, 3.63) is 35.6 Å². The van der Waals surface area contributed by atoms with Crippen LogP contribution in [0.3, 0.4) is 0 Å². The van der Waals surface area contributed by atoms with Crippen LogP contribution in [-0.2, 0) is 19.7 Å². The SMILES string of the molecule is CCC(C)C(=O)NNC(=O)C1(c2cccc(F)c2)CCOCC1. The van der Waals surface area contributed by atoms with Gasteiger partial charge in [0, 0.05) is 19.1 Å². The molecule has 2 amide bonds. The van der Waals surface area contributed by atoms with Gasteiger partial charge < -0.3 is 4.74 Å². The van der Waals surface area contributed by atoms with Gasteiger partial charge in [-0.15, -0.1) is 0 Å². The van der Waals surface area contributed by atoms with Crippen molar-refractivity contribution in [2.75, 3.05) is 13.2 Å². The van der Waals surface area contributed by atoms with E-state index in [-0.39, 0.29) is 23.5 Å². The van der Waals surface area contributed by atoms with Crippen LogP contribution in [0.4, 0.5) is 4.39 Å². The Morgan fingerprint density at radius 1 is 1.30 bits per heavy atom. The van der Waals surface area contributed by atoms with E-state index in [1.165, 1.54) is 12.1 Å². The van der Waals surface area contributed by atoms with E-state index < -0.39 is 5.41 Å². The molecule has 5 nitrogen and oxygen atoms in total. The summed E-state index contributed by atoms with van der Waals surface area (Å²) in [5.74, 6) is -1.13. The molecule has 1 aliphatic heterocycles. The lowest BCUT2D eigenvalue weighted by Crippen LogP contribution is -2.54. The molecule has 0 aromatic heterocycles. The summed E-state index contributed by atoms with van der Waals surface area (Å²) in [5.41, 5.74) is 4.70. The first-order valence-electron chi connectivity index (χ1n) is 7.93. The van der Waals surface area contributed by atoms with Crippen LogP contribution < -0.4 is 10.9 Å². The predicted octanol–water partition coefficient (Wildman–Crippen LogP) is 2.07. The maximum atomic E-state index is 13.6. The molecule has 1 unspecified atom stereocenters. The van der Waals surface area contributed by atoms with Crippen molar-refractivity contribution in [1.82, 2.24) is 10.9 Å². The van der Waals surface area contributed by atoms with Gasteiger partial charge in [0.25, 0.3) is 0 Å². The minimum Gasteiger partial charge on any atom is -0.381 e. The molecule has 1 aliphatic rings. The van der Waals surface area contributed by atoms with Gasteiger partial charge in [0.05, 0.1) is 5.41 Å². The van der Waals surface area contributed by atoms with Crippen LogP contribution in [0, 0.1) is 11.7 Å². The van der Waals surface area contributed by atoms with Gasteiger partial charge in [0.1, 0.15) is 5.82 Å². The molecule has 6 heteroatoms. The molecular formula is C17H23FN2O3. The Morgan fingerprint density at radius 3 is 2.61 bits per heavy atom. The Morgan fingerprint density at radius 2 is 2.00 bits per heavy atom. The van der Waals surface area contributed by atoms with Crippen molar-refractivity contribution in [2.24, 2.45) is 5.92 Å². The lowest BCUT2D eigenvalue weighted by molar-refractivity contribution is -0.136. The van der Waals surface area contributed by atoms with E-state index in [9.17, 15) is 14.0 Å². The second kappa shape index (κ2) is 7.55. The highest BCUT2D eigenvalue weighted by Gasteiger charge is 2.42. The third-order valence-electron chi connectivity index (χ3n) is 4.52. The number of carbonyl (C=O) groups excluding carboxylic acids is 2. The van der Waals surface area contributed by atoms with E-state index in [1.54, 1.807) is 19.1 Å². The fraction of sp³-hybridized carbons (Fsp3) is 0.529. The van der Waals surface area contributed by atoms with Crippen LogP contribution in [0.15, 0.2) is 24.3 Å². The molecule has 0 bridgehead atoms. The number of benzene rings is 1. The molecular weight excluding hydrogens is 299 g/mol. The number of rotatable bonds is 4.